The fraction of sp³-hybridized carbons (Fsp3) is 1.00. The van der Waals surface area contributed by atoms with Crippen molar-refractivity contribution in [1.29, 1.82) is 0 Å². The first kappa shape index (κ1) is 33.9. The summed E-state index contributed by atoms with van der Waals surface area (Å²) in [5.74, 6) is 3.61. The van der Waals surface area contributed by atoms with E-state index < -0.39 is 4.33 Å². The molecule has 0 amide bonds. The summed E-state index contributed by atoms with van der Waals surface area (Å²) in [6, 6.07) is 0. The monoisotopic (exact) mass is 624 g/mol. The van der Waals surface area contributed by atoms with Gasteiger partial charge in [-0.1, -0.05) is 52.4 Å². The summed E-state index contributed by atoms with van der Waals surface area (Å²) in [6.07, 6.45) is 34.0. The van der Waals surface area contributed by atoms with Crippen LogP contribution in [0.15, 0.2) is 0 Å². The number of ether oxygens (including phenoxy) is 2. The average molecular weight is 626 g/mol. The molecular formula is C38H66Cl2O2. The molecule has 0 aromatic rings. The lowest BCUT2D eigenvalue weighted by atomic mass is 9.42. The van der Waals surface area contributed by atoms with E-state index in [2.05, 4.69) is 13.8 Å². The molecule has 42 heavy (non-hydrogen) atoms. The first-order valence-corrected chi connectivity index (χ1v) is 19.8. The lowest BCUT2D eigenvalue weighted by Crippen LogP contribution is -2.66. The summed E-state index contributed by atoms with van der Waals surface area (Å²) in [4.78, 5) is 0. The van der Waals surface area contributed by atoms with E-state index in [9.17, 15) is 0 Å². The van der Waals surface area contributed by atoms with Crippen LogP contribution in [-0.4, -0.2) is 29.8 Å². The molecule has 0 heterocycles. The lowest BCUT2D eigenvalue weighted by Gasteiger charge is -2.69. The number of alkyl halides is 2. The fourth-order valence-corrected chi connectivity index (χ4v) is 11.7. The second kappa shape index (κ2) is 15.9. The van der Waals surface area contributed by atoms with Crippen LogP contribution in [0.1, 0.15) is 174 Å². The Morgan fingerprint density at radius 3 is 1.17 bits per heavy atom. The molecule has 2 spiro atoms. The van der Waals surface area contributed by atoms with Gasteiger partial charge in [-0.05, 0) is 146 Å². The maximum Gasteiger partial charge on any atom is 0.129 e. The van der Waals surface area contributed by atoms with Gasteiger partial charge in [0.1, 0.15) is 4.33 Å². The number of hydrogen-bond donors (Lipinski definition) is 0. The second-order valence-corrected chi connectivity index (χ2v) is 17.3. The molecule has 0 N–H and O–H groups in total. The Kier molecular flexibility index (Phi) is 12.8. The maximum atomic E-state index is 7.47. The third-order valence-corrected chi connectivity index (χ3v) is 15.1. The minimum absolute atomic E-state index is 0.199. The van der Waals surface area contributed by atoms with E-state index in [1.165, 1.54) is 161 Å². The fourth-order valence-electron chi connectivity index (χ4n) is 10.6. The van der Waals surface area contributed by atoms with Gasteiger partial charge in [-0.15, -0.1) is 23.2 Å². The Morgan fingerprint density at radius 2 is 0.833 bits per heavy atom. The summed E-state index contributed by atoms with van der Waals surface area (Å²) in [7, 11) is 0. The smallest absolute Gasteiger partial charge is 0.129 e. The van der Waals surface area contributed by atoms with Crippen LogP contribution >= 0.6 is 23.2 Å². The molecule has 4 heteroatoms. The third-order valence-electron chi connectivity index (χ3n) is 13.5. The van der Waals surface area contributed by atoms with Gasteiger partial charge < -0.3 is 9.47 Å². The zero-order valence-corrected chi connectivity index (χ0v) is 29.1. The Balaban J connectivity index is 0.990. The molecule has 5 rings (SSSR count). The standard InChI is InChI=1S/C38H66Cl2O2/c1-3-5-7-9-27-41-34-15-11-30(12-16-34)32-19-23-36(24-20-32)29-37(38(36,39)40)25-21-33(22-26-37)31-13-17-35(18-14-31)42-28-10-8-6-4-2/h30-35H,3-29H2,1-2H3/t30?,31?,32-,33?,34?,35?,36-,37-. The van der Waals surface area contributed by atoms with Gasteiger partial charge in [0.2, 0.25) is 0 Å². The molecule has 244 valence electrons. The van der Waals surface area contributed by atoms with E-state index in [0.29, 0.717) is 12.2 Å². The SMILES string of the molecule is CCCCCCOC1CCC(C2CC[C@]3(CC2)C[C@@]2(CC[C@H](C4CCC(OCCCCCC)CC4)CC2)C3(Cl)Cl)CC1. The second-order valence-electron chi connectivity index (χ2n) is 15.9. The molecule has 2 nitrogen and oxygen atoms in total. The molecule has 5 aliphatic rings. The molecule has 0 aromatic heterocycles. The van der Waals surface area contributed by atoms with Crippen LogP contribution in [0.5, 0.6) is 0 Å². The summed E-state index contributed by atoms with van der Waals surface area (Å²) in [5.41, 5.74) is 0.398. The number of halogens is 2. The highest BCUT2D eigenvalue weighted by Crippen LogP contribution is 2.77. The molecule has 5 fully saturated rings. The van der Waals surface area contributed by atoms with E-state index in [1.807, 2.05) is 0 Å². The van der Waals surface area contributed by atoms with Crippen molar-refractivity contribution in [2.45, 2.75) is 191 Å². The quantitative estimate of drug-likeness (QED) is 0.141. The van der Waals surface area contributed by atoms with Gasteiger partial charge in [-0.2, -0.15) is 0 Å². The van der Waals surface area contributed by atoms with Crippen LogP contribution in [0.2, 0.25) is 0 Å². The zero-order chi connectivity index (χ0) is 29.5. The summed E-state index contributed by atoms with van der Waals surface area (Å²) < 4.78 is 12.0. The number of unbranched alkanes of at least 4 members (excludes halogenated alkanes) is 6. The number of rotatable bonds is 14. The van der Waals surface area contributed by atoms with Crippen LogP contribution in [0.25, 0.3) is 0 Å². The molecule has 0 saturated heterocycles. The van der Waals surface area contributed by atoms with E-state index in [1.54, 1.807) is 0 Å². The molecule has 0 radical (unpaired) electrons. The zero-order valence-electron chi connectivity index (χ0n) is 27.6. The molecule has 0 unspecified atom stereocenters. The molecule has 5 aliphatic carbocycles. The van der Waals surface area contributed by atoms with E-state index in [-0.39, 0.29) is 10.8 Å². The van der Waals surface area contributed by atoms with Gasteiger partial charge in [0.15, 0.2) is 0 Å². The topological polar surface area (TPSA) is 18.5 Å². The van der Waals surface area contributed by atoms with Gasteiger partial charge in [0.25, 0.3) is 0 Å². The van der Waals surface area contributed by atoms with Crippen molar-refractivity contribution in [3.05, 3.63) is 0 Å². The van der Waals surface area contributed by atoms with Crippen molar-refractivity contribution in [2.75, 3.05) is 13.2 Å². The highest BCUT2D eigenvalue weighted by Gasteiger charge is 2.72. The average Bonchev–Trinajstić information content (AvgIpc) is 3.02. The van der Waals surface area contributed by atoms with E-state index in [0.717, 1.165) is 36.9 Å². The first-order valence-electron chi connectivity index (χ1n) is 19.0. The van der Waals surface area contributed by atoms with Gasteiger partial charge in [0.05, 0.1) is 12.2 Å². The van der Waals surface area contributed by atoms with Crippen molar-refractivity contribution in [1.82, 2.24) is 0 Å². The first-order chi connectivity index (χ1) is 20.4. The van der Waals surface area contributed by atoms with Crippen LogP contribution in [0.4, 0.5) is 0 Å². The van der Waals surface area contributed by atoms with Crippen molar-refractivity contribution >= 4 is 23.2 Å². The Labute approximate surface area is 270 Å². The largest absolute Gasteiger partial charge is 0.378 e. The van der Waals surface area contributed by atoms with Crippen molar-refractivity contribution < 1.29 is 9.47 Å². The van der Waals surface area contributed by atoms with Gasteiger partial charge in [-0.3, -0.25) is 0 Å². The molecule has 0 aliphatic heterocycles. The molecule has 0 atom stereocenters. The highest BCUT2D eigenvalue weighted by atomic mass is 35.5. The van der Waals surface area contributed by atoms with Crippen molar-refractivity contribution in [3.63, 3.8) is 0 Å². The van der Waals surface area contributed by atoms with Gasteiger partial charge in [0, 0.05) is 24.0 Å². The minimum atomic E-state index is -0.498. The molecular weight excluding hydrogens is 559 g/mol. The number of hydrogen-bond acceptors (Lipinski definition) is 2. The van der Waals surface area contributed by atoms with Crippen molar-refractivity contribution in [2.24, 2.45) is 34.5 Å². The minimum Gasteiger partial charge on any atom is -0.378 e. The Hall–Kier alpha value is 0.500. The summed E-state index contributed by atoms with van der Waals surface area (Å²) in [5, 5.41) is 0. The Bertz CT molecular complexity index is 704. The van der Waals surface area contributed by atoms with Crippen LogP contribution in [0, 0.1) is 34.5 Å². The normalized spacial score (nSPS) is 40.3. The van der Waals surface area contributed by atoms with Crippen LogP contribution < -0.4 is 0 Å². The summed E-state index contributed by atoms with van der Waals surface area (Å²) in [6.45, 7) is 6.52. The maximum absolute atomic E-state index is 7.47. The predicted octanol–water partition coefficient (Wildman–Crippen LogP) is 12.2. The highest BCUT2D eigenvalue weighted by molar-refractivity contribution is 6.50. The molecule has 5 saturated carbocycles. The van der Waals surface area contributed by atoms with Crippen LogP contribution in [0.3, 0.4) is 0 Å². The lowest BCUT2D eigenvalue weighted by molar-refractivity contribution is -0.123. The third kappa shape index (κ3) is 7.72. The molecule has 0 aromatic carbocycles. The van der Waals surface area contributed by atoms with E-state index >= 15 is 0 Å². The Morgan fingerprint density at radius 1 is 0.476 bits per heavy atom. The summed E-state index contributed by atoms with van der Waals surface area (Å²) >= 11 is 14.9. The van der Waals surface area contributed by atoms with Crippen molar-refractivity contribution in [3.8, 4) is 0 Å². The van der Waals surface area contributed by atoms with Crippen LogP contribution in [-0.2, 0) is 9.47 Å². The van der Waals surface area contributed by atoms with Gasteiger partial charge >= 0.3 is 0 Å². The molecule has 0 bridgehead atoms. The van der Waals surface area contributed by atoms with E-state index in [4.69, 9.17) is 32.7 Å². The predicted molar refractivity (Wildman–Crippen MR) is 180 cm³/mol. The van der Waals surface area contributed by atoms with Gasteiger partial charge in [-0.25, -0.2) is 0 Å².